The lowest BCUT2D eigenvalue weighted by atomic mass is 10.1. The van der Waals surface area contributed by atoms with Gasteiger partial charge in [0.1, 0.15) is 5.82 Å². The van der Waals surface area contributed by atoms with Crippen LogP contribution in [0.4, 0.5) is 17.5 Å². The summed E-state index contributed by atoms with van der Waals surface area (Å²) in [4.78, 5) is 20.9. The van der Waals surface area contributed by atoms with Gasteiger partial charge in [0, 0.05) is 29.4 Å². The highest BCUT2D eigenvalue weighted by Crippen LogP contribution is 2.23. The Morgan fingerprint density at radius 2 is 1.78 bits per heavy atom. The van der Waals surface area contributed by atoms with Crippen LogP contribution in [0.1, 0.15) is 31.1 Å². The molecule has 5 heteroatoms. The lowest BCUT2D eigenvalue weighted by Crippen LogP contribution is -2.11. The Bertz CT molecular complexity index is 923. The van der Waals surface area contributed by atoms with E-state index in [1.54, 1.807) is 13.0 Å². The minimum Gasteiger partial charge on any atom is -0.370 e. The summed E-state index contributed by atoms with van der Waals surface area (Å²) in [7, 11) is 0. The van der Waals surface area contributed by atoms with Crippen molar-refractivity contribution in [2.75, 3.05) is 17.2 Å². The molecule has 1 heterocycles. The number of benzene rings is 2. The lowest BCUT2D eigenvalue weighted by Gasteiger charge is -2.13. The van der Waals surface area contributed by atoms with Crippen LogP contribution >= 0.6 is 0 Å². The number of hydrogen-bond donors (Lipinski definition) is 2. The Kier molecular flexibility index (Phi) is 5.81. The summed E-state index contributed by atoms with van der Waals surface area (Å²) in [6.45, 7) is 6.68. The van der Waals surface area contributed by atoms with Crippen LogP contribution < -0.4 is 10.6 Å². The van der Waals surface area contributed by atoms with Gasteiger partial charge in [0.2, 0.25) is 5.95 Å². The number of ketones is 1. The quantitative estimate of drug-likeness (QED) is 0.570. The highest BCUT2D eigenvalue weighted by Gasteiger charge is 2.09. The van der Waals surface area contributed by atoms with Crippen molar-refractivity contribution >= 4 is 23.2 Å². The second-order valence-electron chi connectivity index (χ2n) is 6.86. The van der Waals surface area contributed by atoms with Gasteiger partial charge in [-0.25, -0.2) is 4.98 Å². The fraction of sp³-hybridized carbons (Fsp3) is 0.227. The summed E-state index contributed by atoms with van der Waals surface area (Å²) < 4.78 is 0. The predicted octanol–water partition coefficient (Wildman–Crippen LogP) is 5.16. The molecule has 0 amide bonds. The first-order valence-corrected chi connectivity index (χ1v) is 9.07. The third kappa shape index (κ3) is 5.14. The number of rotatable bonds is 7. The van der Waals surface area contributed by atoms with Crippen LogP contribution in [0.5, 0.6) is 0 Å². The van der Waals surface area contributed by atoms with Crippen LogP contribution in [-0.2, 0) is 0 Å². The first-order valence-electron chi connectivity index (χ1n) is 9.07. The summed E-state index contributed by atoms with van der Waals surface area (Å²) in [6, 6.07) is 19.3. The molecule has 0 fully saturated rings. The Morgan fingerprint density at radius 3 is 2.48 bits per heavy atom. The topological polar surface area (TPSA) is 66.9 Å². The first-order chi connectivity index (χ1) is 13.0. The van der Waals surface area contributed by atoms with Crippen molar-refractivity contribution in [3.8, 4) is 11.3 Å². The van der Waals surface area contributed by atoms with Gasteiger partial charge in [-0.1, -0.05) is 56.3 Å². The number of Topliss-reactive ketones (excluding diaryl/α,β-unsaturated/α-hetero) is 1. The van der Waals surface area contributed by atoms with Gasteiger partial charge in [-0.2, -0.15) is 4.98 Å². The average Bonchev–Trinajstić information content (AvgIpc) is 2.67. The van der Waals surface area contributed by atoms with Crippen LogP contribution in [0.3, 0.4) is 0 Å². The Hall–Kier alpha value is -3.21. The average molecular weight is 360 g/mol. The summed E-state index contributed by atoms with van der Waals surface area (Å²) in [5.41, 5.74) is 3.29. The first kappa shape index (κ1) is 18.6. The van der Waals surface area contributed by atoms with E-state index in [1.807, 2.05) is 54.6 Å². The number of nitrogens with zero attached hydrogens (tertiary/aromatic N) is 2. The van der Waals surface area contributed by atoms with Gasteiger partial charge in [0.25, 0.3) is 0 Å². The van der Waals surface area contributed by atoms with Gasteiger partial charge >= 0.3 is 0 Å². The highest BCUT2D eigenvalue weighted by molar-refractivity contribution is 5.95. The number of carbonyl (C=O) groups is 1. The zero-order valence-corrected chi connectivity index (χ0v) is 15.9. The molecule has 0 bridgehead atoms. The molecule has 0 saturated carbocycles. The summed E-state index contributed by atoms with van der Waals surface area (Å²) in [5, 5.41) is 6.59. The maximum absolute atomic E-state index is 11.6. The molecule has 0 saturated heterocycles. The highest BCUT2D eigenvalue weighted by atomic mass is 16.1. The molecule has 2 N–H and O–H groups in total. The van der Waals surface area contributed by atoms with E-state index in [9.17, 15) is 4.79 Å². The molecule has 0 aliphatic rings. The SMILES string of the molecule is CC(=O)c1cccc(Nc2nc(NCC(C)C)cc(-c3ccccc3)n2)c1. The maximum atomic E-state index is 11.6. The Balaban J connectivity index is 1.94. The third-order valence-electron chi connectivity index (χ3n) is 4.01. The van der Waals surface area contributed by atoms with Crippen molar-refractivity contribution in [3.05, 3.63) is 66.2 Å². The number of anilines is 3. The molecule has 2 aromatic carbocycles. The monoisotopic (exact) mass is 360 g/mol. The fourth-order valence-electron chi connectivity index (χ4n) is 2.60. The van der Waals surface area contributed by atoms with Crippen LogP contribution in [-0.4, -0.2) is 22.3 Å². The van der Waals surface area contributed by atoms with Crippen molar-refractivity contribution in [2.45, 2.75) is 20.8 Å². The smallest absolute Gasteiger partial charge is 0.229 e. The molecule has 0 aliphatic carbocycles. The van der Waals surface area contributed by atoms with E-state index < -0.39 is 0 Å². The standard InChI is InChI=1S/C22H24N4O/c1-15(2)14-23-21-13-20(17-8-5-4-6-9-17)25-22(26-21)24-19-11-7-10-18(12-19)16(3)27/h4-13,15H,14H2,1-3H3,(H2,23,24,25,26). The summed E-state index contributed by atoms with van der Waals surface area (Å²) in [5.74, 6) is 1.78. The molecule has 5 nitrogen and oxygen atoms in total. The van der Waals surface area contributed by atoms with E-state index in [2.05, 4.69) is 34.4 Å². The number of nitrogens with one attached hydrogen (secondary N) is 2. The molecular weight excluding hydrogens is 336 g/mol. The molecule has 0 radical (unpaired) electrons. The lowest BCUT2D eigenvalue weighted by molar-refractivity contribution is 0.101. The number of hydrogen-bond acceptors (Lipinski definition) is 5. The van der Waals surface area contributed by atoms with Crippen molar-refractivity contribution < 1.29 is 4.79 Å². The van der Waals surface area contributed by atoms with Gasteiger partial charge in [-0.3, -0.25) is 4.79 Å². The summed E-state index contributed by atoms with van der Waals surface area (Å²) in [6.07, 6.45) is 0. The molecule has 0 atom stereocenters. The van der Waals surface area contributed by atoms with E-state index in [-0.39, 0.29) is 5.78 Å². The molecule has 1 aromatic heterocycles. The van der Waals surface area contributed by atoms with Crippen molar-refractivity contribution in [1.82, 2.24) is 9.97 Å². The number of aromatic nitrogens is 2. The van der Waals surface area contributed by atoms with Crippen molar-refractivity contribution in [1.29, 1.82) is 0 Å². The van der Waals surface area contributed by atoms with E-state index >= 15 is 0 Å². The predicted molar refractivity (Wildman–Crippen MR) is 111 cm³/mol. The minimum absolute atomic E-state index is 0.0249. The van der Waals surface area contributed by atoms with Crippen molar-refractivity contribution in [2.24, 2.45) is 5.92 Å². The van der Waals surface area contributed by atoms with Crippen LogP contribution in [0.15, 0.2) is 60.7 Å². The third-order valence-corrected chi connectivity index (χ3v) is 4.01. The van der Waals surface area contributed by atoms with E-state index in [0.29, 0.717) is 17.4 Å². The molecule has 3 aromatic rings. The normalized spacial score (nSPS) is 10.7. The Morgan fingerprint density at radius 1 is 1.00 bits per heavy atom. The van der Waals surface area contributed by atoms with E-state index in [0.717, 1.165) is 29.3 Å². The molecule has 3 rings (SSSR count). The molecule has 138 valence electrons. The Labute approximate surface area is 159 Å². The van der Waals surface area contributed by atoms with Crippen LogP contribution in [0.25, 0.3) is 11.3 Å². The summed E-state index contributed by atoms with van der Waals surface area (Å²) >= 11 is 0. The fourth-order valence-corrected chi connectivity index (χ4v) is 2.60. The van der Waals surface area contributed by atoms with E-state index in [1.165, 1.54) is 0 Å². The van der Waals surface area contributed by atoms with Gasteiger partial charge in [0.15, 0.2) is 5.78 Å². The van der Waals surface area contributed by atoms with Gasteiger partial charge < -0.3 is 10.6 Å². The van der Waals surface area contributed by atoms with Gasteiger partial charge in [-0.05, 0) is 25.0 Å². The van der Waals surface area contributed by atoms with E-state index in [4.69, 9.17) is 0 Å². The van der Waals surface area contributed by atoms with Gasteiger partial charge in [0.05, 0.1) is 5.69 Å². The molecule has 0 aliphatic heterocycles. The van der Waals surface area contributed by atoms with Crippen LogP contribution in [0, 0.1) is 5.92 Å². The molecule has 0 unspecified atom stereocenters. The minimum atomic E-state index is 0.0249. The zero-order valence-electron chi connectivity index (χ0n) is 15.9. The zero-order chi connectivity index (χ0) is 19.2. The largest absolute Gasteiger partial charge is 0.370 e. The number of carbonyl (C=O) groups excluding carboxylic acids is 1. The maximum Gasteiger partial charge on any atom is 0.229 e. The second-order valence-corrected chi connectivity index (χ2v) is 6.86. The molecule has 0 spiro atoms. The second kappa shape index (κ2) is 8.45. The molecular formula is C22H24N4O. The van der Waals surface area contributed by atoms with Gasteiger partial charge in [-0.15, -0.1) is 0 Å². The van der Waals surface area contributed by atoms with Crippen molar-refractivity contribution in [3.63, 3.8) is 0 Å². The van der Waals surface area contributed by atoms with Crippen LogP contribution in [0.2, 0.25) is 0 Å². The molecule has 27 heavy (non-hydrogen) atoms.